The molecule has 0 saturated carbocycles. The third-order valence-electron chi connectivity index (χ3n) is 1.95. The van der Waals surface area contributed by atoms with Gasteiger partial charge in [-0.25, -0.2) is 0 Å². The Balaban J connectivity index is 2.47. The molecule has 0 radical (unpaired) electrons. The predicted molar refractivity (Wildman–Crippen MR) is 39.2 cm³/mol. The Bertz CT molecular complexity index is 136. The maximum Gasteiger partial charge on any atom is 0.220 e. The van der Waals surface area contributed by atoms with Crippen LogP contribution < -0.4 is 5.73 Å². The fraction of sp³-hybridized carbons (Fsp3) is 0.857. The first-order valence-corrected chi connectivity index (χ1v) is 3.74. The van der Waals surface area contributed by atoms with Crippen molar-refractivity contribution in [1.29, 1.82) is 0 Å². The van der Waals surface area contributed by atoms with Crippen LogP contribution in [0, 0.1) is 0 Å². The summed E-state index contributed by atoms with van der Waals surface area (Å²) < 4.78 is 0. The first kappa shape index (κ1) is 7.54. The van der Waals surface area contributed by atoms with Gasteiger partial charge in [-0.2, -0.15) is 0 Å². The Morgan fingerprint density at radius 1 is 1.60 bits per heavy atom. The van der Waals surface area contributed by atoms with Crippen LogP contribution in [0.2, 0.25) is 0 Å². The minimum Gasteiger partial charge on any atom is -0.328 e. The van der Waals surface area contributed by atoms with Crippen molar-refractivity contribution in [2.45, 2.75) is 32.4 Å². The second-order valence-corrected chi connectivity index (χ2v) is 2.78. The van der Waals surface area contributed by atoms with Gasteiger partial charge >= 0.3 is 0 Å². The molecule has 1 saturated heterocycles. The summed E-state index contributed by atoms with van der Waals surface area (Å²) in [5, 5.41) is 0. The van der Waals surface area contributed by atoms with Gasteiger partial charge in [-0.1, -0.05) is 0 Å². The van der Waals surface area contributed by atoms with Gasteiger partial charge in [0.05, 0.1) is 6.17 Å². The summed E-state index contributed by atoms with van der Waals surface area (Å²) in [4.78, 5) is 12.6. The van der Waals surface area contributed by atoms with Crippen molar-refractivity contribution in [1.82, 2.24) is 4.90 Å². The summed E-state index contributed by atoms with van der Waals surface area (Å²) in [6.07, 6.45) is 3.20. The molecule has 0 bridgehead atoms. The number of carbonyl (C=O) groups excluding carboxylic acids is 1. The van der Waals surface area contributed by atoms with Crippen molar-refractivity contribution in [3.8, 4) is 0 Å². The number of rotatable bonds is 0. The largest absolute Gasteiger partial charge is 0.328 e. The van der Waals surface area contributed by atoms with E-state index >= 15 is 0 Å². The van der Waals surface area contributed by atoms with E-state index in [1.165, 1.54) is 0 Å². The molecule has 0 aliphatic carbocycles. The number of hydrogen-bond acceptors (Lipinski definition) is 2. The maximum absolute atomic E-state index is 10.9. The lowest BCUT2D eigenvalue weighted by Crippen LogP contribution is -2.47. The van der Waals surface area contributed by atoms with Crippen LogP contribution in [-0.4, -0.2) is 23.5 Å². The molecule has 1 fully saturated rings. The zero-order valence-corrected chi connectivity index (χ0v) is 6.34. The molecular formula is C7H14N2O. The van der Waals surface area contributed by atoms with Crippen molar-refractivity contribution in [2.75, 3.05) is 6.54 Å². The number of hydrogen-bond donors (Lipinski definition) is 1. The van der Waals surface area contributed by atoms with Crippen LogP contribution in [-0.2, 0) is 4.79 Å². The minimum absolute atomic E-state index is 0.0220. The average Bonchev–Trinajstić information content (AvgIpc) is 1.88. The molecule has 3 heteroatoms. The molecule has 2 N–H and O–H groups in total. The van der Waals surface area contributed by atoms with E-state index < -0.39 is 0 Å². The highest BCUT2D eigenvalue weighted by Gasteiger charge is 2.19. The van der Waals surface area contributed by atoms with Gasteiger partial charge in [0.2, 0.25) is 5.91 Å². The third kappa shape index (κ3) is 1.48. The van der Waals surface area contributed by atoms with Crippen LogP contribution >= 0.6 is 0 Å². The van der Waals surface area contributed by atoms with Gasteiger partial charge in [-0.05, 0) is 19.3 Å². The zero-order valence-electron chi connectivity index (χ0n) is 6.34. The monoisotopic (exact) mass is 142 g/mol. The highest BCUT2D eigenvalue weighted by atomic mass is 16.2. The Hall–Kier alpha value is -0.570. The van der Waals surface area contributed by atoms with E-state index in [0.29, 0.717) is 0 Å². The van der Waals surface area contributed by atoms with Crippen LogP contribution in [0.3, 0.4) is 0 Å². The zero-order chi connectivity index (χ0) is 7.56. The second kappa shape index (κ2) is 3.01. The highest BCUT2D eigenvalue weighted by molar-refractivity contribution is 5.73. The maximum atomic E-state index is 10.9. The van der Waals surface area contributed by atoms with Gasteiger partial charge in [0, 0.05) is 13.5 Å². The van der Waals surface area contributed by atoms with Gasteiger partial charge in [0.1, 0.15) is 0 Å². The van der Waals surface area contributed by atoms with E-state index in [9.17, 15) is 4.79 Å². The Morgan fingerprint density at radius 3 is 2.70 bits per heavy atom. The number of carbonyl (C=O) groups is 1. The summed E-state index contributed by atoms with van der Waals surface area (Å²) >= 11 is 0. The molecule has 10 heavy (non-hydrogen) atoms. The van der Waals surface area contributed by atoms with Crippen LogP contribution in [0.1, 0.15) is 26.2 Å². The molecule has 1 aliphatic rings. The summed E-state index contributed by atoms with van der Waals surface area (Å²) in [5.41, 5.74) is 5.68. The van der Waals surface area contributed by atoms with Crippen LogP contribution in [0.25, 0.3) is 0 Å². The molecule has 1 amide bonds. The molecule has 0 aromatic heterocycles. The van der Waals surface area contributed by atoms with Crippen molar-refractivity contribution < 1.29 is 4.79 Å². The number of amides is 1. The highest BCUT2D eigenvalue weighted by Crippen LogP contribution is 2.12. The van der Waals surface area contributed by atoms with E-state index in [1.54, 1.807) is 11.8 Å². The van der Waals surface area contributed by atoms with Gasteiger partial charge in [0.25, 0.3) is 0 Å². The Morgan fingerprint density at radius 2 is 2.30 bits per heavy atom. The van der Waals surface area contributed by atoms with Crippen LogP contribution in [0.15, 0.2) is 0 Å². The van der Waals surface area contributed by atoms with Gasteiger partial charge in [0.15, 0.2) is 0 Å². The smallest absolute Gasteiger partial charge is 0.220 e. The van der Waals surface area contributed by atoms with E-state index in [-0.39, 0.29) is 12.1 Å². The minimum atomic E-state index is -0.0220. The molecule has 1 unspecified atom stereocenters. The number of piperidine rings is 1. The molecule has 1 rings (SSSR count). The Labute approximate surface area is 61.2 Å². The lowest BCUT2D eigenvalue weighted by molar-refractivity contribution is -0.132. The molecule has 3 nitrogen and oxygen atoms in total. The quantitative estimate of drug-likeness (QED) is 0.529. The molecule has 0 aromatic rings. The molecule has 1 heterocycles. The molecule has 58 valence electrons. The van der Waals surface area contributed by atoms with Crippen LogP contribution in [0.5, 0.6) is 0 Å². The van der Waals surface area contributed by atoms with E-state index in [2.05, 4.69) is 0 Å². The number of nitrogens with zero attached hydrogens (tertiary/aromatic N) is 1. The molecule has 0 spiro atoms. The van der Waals surface area contributed by atoms with Crippen molar-refractivity contribution >= 4 is 5.91 Å². The van der Waals surface area contributed by atoms with E-state index in [0.717, 1.165) is 25.8 Å². The fourth-order valence-corrected chi connectivity index (χ4v) is 1.35. The molecule has 1 aliphatic heterocycles. The van der Waals surface area contributed by atoms with Crippen molar-refractivity contribution in [2.24, 2.45) is 5.73 Å². The predicted octanol–water partition coefficient (Wildman–Crippen LogP) is 0.304. The summed E-state index contributed by atoms with van der Waals surface area (Å²) in [7, 11) is 0. The first-order valence-electron chi connectivity index (χ1n) is 3.74. The summed E-state index contributed by atoms with van der Waals surface area (Å²) in [5.74, 6) is 0.104. The summed E-state index contributed by atoms with van der Waals surface area (Å²) in [6.45, 7) is 2.42. The summed E-state index contributed by atoms with van der Waals surface area (Å²) in [6, 6.07) is 0. The average molecular weight is 142 g/mol. The Kier molecular flexibility index (Phi) is 2.27. The SMILES string of the molecule is CC(=O)N1CCCCC1N. The molecular weight excluding hydrogens is 128 g/mol. The lowest BCUT2D eigenvalue weighted by Gasteiger charge is -2.31. The number of likely N-dealkylation sites (tertiary alicyclic amines) is 1. The standard InChI is InChI=1S/C7H14N2O/c1-6(10)9-5-3-2-4-7(9)8/h7H,2-5,8H2,1H3. The first-order chi connectivity index (χ1) is 4.72. The molecule has 0 aromatic carbocycles. The van der Waals surface area contributed by atoms with Crippen LogP contribution in [0.4, 0.5) is 0 Å². The van der Waals surface area contributed by atoms with E-state index in [4.69, 9.17) is 5.73 Å². The topological polar surface area (TPSA) is 46.3 Å². The van der Waals surface area contributed by atoms with Gasteiger partial charge < -0.3 is 10.6 Å². The van der Waals surface area contributed by atoms with Crippen molar-refractivity contribution in [3.05, 3.63) is 0 Å². The fourth-order valence-electron chi connectivity index (χ4n) is 1.35. The van der Waals surface area contributed by atoms with Crippen molar-refractivity contribution in [3.63, 3.8) is 0 Å². The number of nitrogens with two attached hydrogens (primary N) is 1. The normalized spacial score (nSPS) is 26.6. The molecule has 1 atom stereocenters. The van der Waals surface area contributed by atoms with Gasteiger partial charge in [-0.3, -0.25) is 4.79 Å². The van der Waals surface area contributed by atoms with E-state index in [1.807, 2.05) is 0 Å². The third-order valence-corrected chi connectivity index (χ3v) is 1.95. The van der Waals surface area contributed by atoms with Gasteiger partial charge in [-0.15, -0.1) is 0 Å². The second-order valence-electron chi connectivity index (χ2n) is 2.78. The lowest BCUT2D eigenvalue weighted by atomic mass is 10.1.